The van der Waals surface area contributed by atoms with E-state index in [0.717, 1.165) is 33.5 Å². The first-order chi connectivity index (χ1) is 17.3. The molecule has 0 bridgehead atoms. The lowest BCUT2D eigenvalue weighted by atomic mass is 10.1. The first-order valence-electron chi connectivity index (χ1n) is 11.0. The van der Waals surface area contributed by atoms with Crippen LogP contribution >= 0.6 is 11.3 Å². The van der Waals surface area contributed by atoms with Gasteiger partial charge < -0.3 is 9.84 Å². The molecule has 0 aliphatic rings. The molecule has 0 unspecified atom stereocenters. The SMILES string of the molecule is CC.Cc1cc(COc2ccc(S(=O)(=O)NCCc3n[nH]c(=O)s3)cc2)c2ccccc2n1.O=CO. The van der Waals surface area contributed by atoms with Gasteiger partial charge in [0.2, 0.25) is 10.0 Å². The highest BCUT2D eigenvalue weighted by atomic mass is 32.2. The van der Waals surface area contributed by atoms with E-state index in [9.17, 15) is 13.2 Å². The maximum Gasteiger partial charge on any atom is 0.322 e. The maximum absolute atomic E-state index is 12.5. The quantitative estimate of drug-likeness (QED) is 0.292. The molecule has 0 fully saturated rings. The number of aromatic nitrogens is 3. The Balaban J connectivity index is 0.000000850. The summed E-state index contributed by atoms with van der Waals surface area (Å²) in [6, 6.07) is 16.1. The van der Waals surface area contributed by atoms with Gasteiger partial charge in [-0.05, 0) is 43.3 Å². The van der Waals surface area contributed by atoms with Gasteiger partial charge in [-0.2, -0.15) is 5.10 Å². The third-order valence-corrected chi connectivity index (χ3v) is 6.86. The first-order valence-corrected chi connectivity index (χ1v) is 13.3. The number of para-hydroxylation sites is 1. The molecule has 0 radical (unpaired) electrons. The van der Waals surface area contributed by atoms with Crippen LogP contribution in [0, 0.1) is 6.92 Å². The van der Waals surface area contributed by atoms with E-state index < -0.39 is 10.0 Å². The highest BCUT2D eigenvalue weighted by Crippen LogP contribution is 2.21. The van der Waals surface area contributed by atoms with Crippen molar-refractivity contribution in [1.82, 2.24) is 19.9 Å². The zero-order chi connectivity index (χ0) is 26.6. The zero-order valence-corrected chi connectivity index (χ0v) is 21.7. The third-order valence-electron chi connectivity index (χ3n) is 4.57. The average Bonchev–Trinajstić information content (AvgIpc) is 3.29. The van der Waals surface area contributed by atoms with Crippen LogP contribution in [0.3, 0.4) is 0 Å². The molecule has 0 spiro atoms. The number of benzene rings is 2. The lowest BCUT2D eigenvalue weighted by molar-refractivity contribution is -0.122. The van der Waals surface area contributed by atoms with Gasteiger partial charge in [-0.1, -0.05) is 43.4 Å². The van der Waals surface area contributed by atoms with E-state index in [4.69, 9.17) is 14.6 Å². The number of carboxylic acid groups (broad SMARTS) is 1. The number of rotatable bonds is 8. The Morgan fingerprint density at radius 3 is 2.44 bits per heavy atom. The second-order valence-electron chi connectivity index (χ2n) is 6.96. The largest absolute Gasteiger partial charge is 0.489 e. The van der Waals surface area contributed by atoms with Crippen molar-refractivity contribution in [1.29, 1.82) is 0 Å². The lowest BCUT2D eigenvalue weighted by Gasteiger charge is -2.11. The molecular weight excluding hydrogens is 504 g/mol. The van der Waals surface area contributed by atoms with Gasteiger partial charge in [0.1, 0.15) is 17.4 Å². The summed E-state index contributed by atoms with van der Waals surface area (Å²) >= 11 is 0.964. The van der Waals surface area contributed by atoms with E-state index in [-0.39, 0.29) is 22.8 Å². The minimum Gasteiger partial charge on any atom is -0.489 e. The number of sulfonamides is 1. The van der Waals surface area contributed by atoms with Gasteiger partial charge >= 0.3 is 4.87 Å². The summed E-state index contributed by atoms with van der Waals surface area (Å²) in [6.45, 7) is 6.19. The van der Waals surface area contributed by atoms with Crippen LogP contribution in [0.25, 0.3) is 10.9 Å². The molecule has 0 amide bonds. The Morgan fingerprint density at radius 2 is 1.81 bits per heavy atom. The summed E-state index contributed by atoms with van der Waals surface area (Å²) in [5, 5.41) is 14.6. The van der Waals surface area contributed by atoms with Crippen LogP contribution < -0.4 is 14.3 Å². The van der Waals surface area contributed by atoms with Crippen LogP contribution in [0.2, 0.25) is 0 Å². The van der Waals surface area contributed by atoms with Crippen LogP contribution in [-0.2, 0) is 27.8 Å². The highest BCUT2D eigenvalue weighted by molar-refractivity contribution is 7.89. The Labute approximate surface area is 213 Å². The number of ether oxygens (including phenoxy) is 1. The number of nitrogens with one attached hydrogen (secondary N) is 2. The molecule has 12 heteroatoms. The Kier molecular flexibility index (Phi) is 11.2. The van der Waals surface area contributed by atoms with Crippen molar-refractivity contribution in [2.24, 2.45) is 0 Å². The fourth-order valence-corrected chi connectivity index (χ4v) is 4.77. The predicted molar refractivity (Wildman–Crippen MR) is 139 cm³/mol. The van der Waals surface area contributed by atoms with E-state index in [1.165, 1.54) is 12.1 Å². The van der Waals surface area contributed by atoms with Gasteiger partial charge in [0.05, 0.1) is 10.4 Å². The van der Waals surface area contributed by atoms with Gasteiger partial charge in [-0.15, -0.1) is 0 Å². The molecule has 0 aliphatic carbocycles. The molecule has 4 rings (SSSR count). The molecule has 2 heterocycles. The summed E-state index contributed by atoms with van der Waals surface area (Å²) in [6.07, 6.45) is 0.336. The van der Waals surface area contributed by atoms with E-state index in [1.54, 1.807) is 12.1 Å². The number of aromatic amines is 1. The molecule has 2 aromatic heterocycles. The topological polar surface area (TPSA) is 151 Å². The van der Waals surface area contributed by atoms with Crippen molar-refractivity contribution in [3.8, 4) is 5.75 Å². The number of pyridine rings is 1. The van der Waals surface area contributed by atoms with E-state index >= 15 is 0 Å². The van der Waals surface area contributed by atoms with E-state index in [0.29, 0.717) is 23.8 Å². The monoisotopic (exact) mass is 532 g/mol. The van der Waals surface area contributed by atoms with Crippen LogP contribution in [0.1, 0.15) is 30.1 Å². The molecule has 36 heavy (non-hydrogen) atoms. The predicted octanol–water partition coefficient (Wildman–Crippen LogP) is 3.52. The first kappa shape index (κ1) is 28.6. The number of hydrogen-bond acceptors (Lipinski definition) is 8. The zero-order valence-electron chi connectivity index (χ0n) is 20.1. The molecule has 0 saturated carbocycles. The second-order valence-corrected chi connectivity index (χ2v) is 9.77. The van der Waals surface area contributed by atoms with Gasteiger partial charge in [0.15, 0.2) is 0 Å². The lowest BCUT2D eigenvalue weighted by Crippen LogP contribution is -2.25. The fourth-order valence-electron chi connectivity index (χ4n) is 3.13. The Hall–Kier alpha value is -3.61. The minimum atomic E-state index is -3.67. The van der Waals surface area contributed by atoms with Crippen molar-refractivity contribution in [3.63, 3.8) is 0 Å². The molecule has 0 saturated heterocycles. The number of hydrogen-bond donors (Lipinski definition) is 3. The van der Waals surface area contributed by atoms with Crippen LogP contribution in [-0.4, -0.2) is 41.7 Å². The van der Waals surface area contributed by atoms with Crippen molar-refractivity contribution in [2.75, 3.05) is 6.54 Å². The number of nitrogens with zero attached hydrogens (tertiary/aromatic N) is 2. The van der Waals surface area contributed by atoms with Crippen LogP contribution in [0.4, 0.5) is 0 Å². The molecule has 3 N–H and O–H groups in total. The van der Waals surface area contributed by atoms with Crippen LogP contribution in [0.5, 0.6) is 5.75 Å². The van der Waals surface area contributed by atoms with Gasteiger partial charge in [-0.3, -0.25) is 14.6 Å². The molecular formula is C24H28N4O6S2. The van der Waals surface area contributed by atoms with Crippen molar-refractivity contribution < 1.29 is 23.1 Å². The summed E-state index contributed by atoms with van der Waals surface area (Å²) in [7, 11) is -3.67. The molecule has 192 valence electrons. The van der Waals surface area contributed by atoms with Crippen molar-refractivity contribution in [2.45, 2.75) is 38.7 Å². The molecule has 0 atom stereocenters. The summed E-state index contributed by atoms with van der Waals surface area (Å²) in [5.74, 6) is 0.568. The average molecular weight is 533 g/mol. The number of H-pyrrole nitrogens is 1. The molecule has 0 aliphatic heterocycles. The summed E-state index contributed by atoms with van der Waals surface area (Å²) in [4.78, 5) is 23.8. The van der Waals surface area contributed by atoms with E-state index in [2.05, 4.69) is 19.9 Å². The number of carbonyl (C=O) groups is 1. The number of aryl methyl sites for hydroxylation is 1. The van der Waals surface area contributed by atoms with Gasteiger partial charge in [0.25, 0.3) is 6.47 Å². The number of fused-ring (bicyclic) bond motifs is 1. The Bertz CT molecular complexity index is 1420. The Morgan fingerprint density at radius 1 is 1.14 bits per heavy atom. The minimum absolute atomic E-state index is 0.139. The maximum atomic E-state index is 12.5. The van der Waals surface area contributed by atoms with Gasteiger partial charge in [-0.25, -0.2) is 18.2 Å². The molecule has 10 nitrogen and oxygen atoms in total. The smallest absolute Gasteiger partial charge is 0.322 e. The van der Waals surface area contributed by atoms with Crippen LogP contribution in [0.15, 0.2) is 64.3 Å². The van der Waals surface area contributed by atoms with Gasteiger partial charge in [0, 0.05) is 29.6 Å². The third kappa shape index (κ3) is 8.26. The molecule has 2 aromatic carbocycles. The normalized spacial score (nSPS) is 10.5. The molecule has 4 aromatic rings. The van der Waals surface area contributed by atoms with Crippen molar-refractivity contribution >= 4 is 38.7 Å². The standard InChI is InChI=1S/C21H20N4O4S2.C2H6.CH2O2/c1-14-12-15(18-4-2-3-5-19(18)23-14)13-29-16-6-8-17(9-7-16)31(27,28)22-11-10-20-24-25-21(26)30-20;1-2;2-1-3/h2-9,12,22H,10-11,13H2,1H3,(H,25,26);1-2H3;1H,(H,2,3). The fraction of sp³-hybridized carbons (Fsp3) is 0.250. The van der Waals surface area contributed by atoms with Crippen molar-refractivity contribution in [3.05, 3.63) is 80.5 Å². The van der Waals surface area contributed by atoms with E-state index in [1.807, 2.05) is 51.1 Å². The highest BCUT2D eigenvalue weighted by Gasteiger charge is 2.14. The summed E-state index contributed by atoms with van der Waals surface area (Å²) in [5.41, 5.74) is 2.84. The summed E-state index contributed by atoms with van der Waals surface area (Å²) < 4.78 is 33.3. The second kappa shape index (κ2) is 14.1.